The van der Waals surface area contributed by atoms with E-state index >= 15 is 0 Å². The minimum Gasteiger partial charge on any atom is -0.309 e. The van der Waals surface area contributed by atoms with Crippen molar-refractivity contribution in [2.75, 3.05) is 4.90 Å². The van der Waals surface area contributed by atoms with Gasteiger partial charge in [0.25, 0.3) is 0 Å². The minimum atomic E-state index is 0.0408. The van der Waals surface area contributed by atoms with Crippen molar-refractivity contribution in [3.8, 4) is 16.8 Å². The molecule has 10 rings (SSSR count). The molecule has 10 aromatic rings. The van der Waals surface area contributed by atoms with Gasteiger partial charge in [0.1, 0.15) is 0 Å². The summed E-state index contributed by atoms with van der Waals surface area (Å²) in [6.45, 7) is 20.7. The molecule has 2 heteroatoms. The molecule has 9 aromatic carbocycles. The van der Waals surface area contributed by atoms with E-state index in [-0.39, 0.29) is 16.2 Å². The normalized spacial score (nSPS) is 12.8. The largest absolute Gasteiger partial charge is 0.309 e. The van der Waals surface area contributed by atoms with Gasteiger partial charge in [0.05, 0.1) is 28.1 Å². The third-order valence-corrected chi connectivity index (χ3v) is 12.8. The lowest BCUT2D eigenvalue weighted by Gasteiger charge is -2.30. The molecule has 0 unspecified atom stereocenters. The van der Waals surface area contributed by atoms with Crippen molar-refractivity contribution in [2.24, 2.45) is 0 Å². The van der Waals surface area contributed by atoms with Crippen molar-refractivity contribution in [1.82, 2.24) is 4.57 Å². The van der Waals surface area contributed by atoms with Crippen molar-refractivity contribution >= 4 is 71.2 Å². The Morgan fingerprint density at radius 3 is 1.48 bits per heavy atom. The van der Waals surface area contributed by atoms with Crippen molar-refractivity contribution in [3.63, 3.8) is 0 Å². The Kier molecular flexibility index (Phi) is 8.57. The summed E-state index contributed by atoms with van der Waals surface area (Å²) in [7, 11) is 0. The zero-order valence-corrected chi connectivity index (χ0v) is 36.5. The van der Waals surface area contributed by atoms with Gasteiger partial charge >= 0.3 is 0 Å². The molecule has 0 bridgehead atoms. The van der Waals surface area contributed by atoms with E-state index in [2.05, 4.69) is 236 Å². The highest BCUT2D eigenvalue weighted by Gasteiger charge is 2.25. The molecule has 0 saturated carbocycles. The molecule has 0 N–H and O–H groups in total. The third-order valence-electron chi connectivity index (χ3n) is 12.8. The van der Waals surface area contributed by atoms with Gasteiger partial charge in [-0.15, -0.1) is 0 Å². The third kappa shape index (κ3) is 6.15. The zero-order chi connectivity index (χ0) is 41.7. The van der Waals surface area contributed by atoms with Crippen molar-refractivity contribution in [3.05, 3.63) is 180 Å². The highest BCUT2D eigenvalue weighted by Crippen LogP contribution is 2.48. The Hall–Kier alpha value is -6.38. The molecule has 0 atom stereocenters. The predicted octanol–water partition coefficient (Wildman–Crippen LogP) is 16.7. The smallest absolute Gasteiger partial charge is 0.0541 e. The van der Waals surface area contributed by atoms with Crippen LogP contribution in [-0.2, 0) is 16.2 Å². The second kappa shape index (κ2) is 13.6. The second-order valence-corrected chi connectivity index (χ2v) is 19.9. The standard InChI is InChI=1S/C58H54N2/c1-56(2,3)40-23-27-43(28-24-40)59(49-18-14-13-17-44(49)37-15-11-10-12-16-37)50-31-21-38-20-30-46-51(32-22-39-19-29-45(50)54(38)55(39)46)60-52-33-25-41(57(4,5)6)35-47(52)48-36-42(58(7,8)9)26-34-53(48)60/h10-36H,1-9H3. The summed E-state index contributed by atoms with van der Waals surface area (Å²) < 4.78 is 2.52. The number of hydrogen-bond donors (Lipinski definition) is 0. The lowest BCUT2D eigenvalue weighted by atomic mass is 9.85. The molecule has 0 amide bonds. The maximum atomic E-state index is 2.52. The fourth-order valence-corrected chi connectivity index (χ4v) is 9.42. The molecule has 0 fully saturated rings. The summed E-state index contributed by atoms with van der Waals surface area (Å²) in [5, 5.41) is 10.2. The Balaban J connectivity index is 1.25. The summed E-state index contributed by atoms with van der Waals surface area (Å²) in [4.78, 5) is 2.48. The van der Waals surface area contributed by atoms with Crippen LogP contribution in [0.2, 0.25) is 0 Å². The predicted molar refractivity (Wildman–Crippen MR) is 261 cm³/mol. The molecule has 1 heterocycles. The van der Waals surface area contributed by atoms with Crippen LogP contribution in [0, 0.1) is 0 Å². The molecule has 0 saturated heterocycles. The van der Waals surface area contributed by atoms with E-state index in [0.29, 0.717) is 0 Å². The quantitative estimate of drug-likeness (QED) is 0.158. The van der Waals surface area contributed by atoms with E-state index in [1.165, 1.54) is 87.6 Å². The van der Waals surface area contributed by atoms with Crippen LogP contribution in [0.15, 0.2) is 164 Å². The van der Waals surface area contributed by atoms with Gasteiger partial charge in [0, 0.05) is 32.8 Å². The van der Waals surface area contributed by atoms with Gasteiger partial charge in [-0.1, -0.05) is 172 Å². The summed E-state index contributed by atoms with van der Waals surface area (Å²) >= 11 is 0. The van der Waals surface area contributed by atoms with E-state index < -0.39 is 0 Å². The van der Waals surface area contributed by atoms with Crippen LogP contribution < -0.4 is 4.90 Å². The molecule has 2 nitrogen and oxygen atoms in total. The SMILES string of the molecule is CC(C)(C)c1ccc(N(c2ccccc2-c2ccccc2)c2ccc3ccc4c(-n5c6ccc(C(C)(C)C)cc6c6cc(C(C)(C)C)ccc65)ccc5ccc2c3c54)cc1. The van der Waals surface area contributed by atoms with E-state index in [1.54, 1.807) is 0 Å². The summed E-state index contributed by atoms with van der Waals surface area (Å²) in [6.07, 6.45) is 0. The molecular formula is C58H54N2. The minimum absolute atomic E-state index is 0.0408. The fraction of sp³-hybridized carbons (Fsp3) is 0.207. The lowest BCUT2D eigenvalue weighted by Crippen LogP contribution is -2.14. The van der Waals surface area contributed by atoms with Gasteiger partial charge < -0.3 is 9.47 Å². The van der Waals surface area contributed by atoms with Crippen LogP contribution in [0.5, 0.6) is 0 Å². The number of hydrogen-bond acceptors (Lipinski definition) is 1. The molecule has 0 aliphatic carbocycles. The number of aromatic nitrogens is 1. The van der Waals surface area contributed by atoms with Gasteiger partial charge in [-0.3, -0.25) is 0 Å². The van der Waals surface area contributed by atoms with E-state index in [4.69, 9.17) is 0 Å². The van der Waals surface area contributed by atoms with E-state index in [1.807, 2.05) is 0 Å². The number of para-hydroxylation sites is 1. The molecule has 296 valence electrons. The van der Waals surface area contributed by atoms with Crippen molar-refractivity contribution < 1.29 is 0 Å². The number of rotatable bonds is 5. The van der Waals surface area contributed by atoms with Crippen LogP contribution in [0.25, 0.3) is 70.9 Å². The first-order valence-electron chi connectivity index (χ1n) is 21.5. The second-order valence-electron chi connectivity index (χ2n) is 19.9. The van der Waals surface area contributed by atoms with Gasteiger partial charge in [-0.2, -0.15) is 0 Å². The number of benzene rings is 9. The summed E-state index contributed by atoms with van der Waals surface area (Å²) in [5.41, 5.74) is 13.7. The van der Waals surface area contributed by atoms with Gasteiger partial charge in [0.15, 0.2) is 0 Å². The van der Waals surface area contributed by atoms with Crippen LogP contribution in [0.3, 0.4) is 0 Å². The zero-order valence-electron chi connectivity index (χ0n) is 36.5. The van der Waals surface area contributed by atoms with Crippen LogP contribution in [0.1, 0.15) is 79.0 Å². The number of anilines is 3. The molecule has 0 aliphatic rings. The molecule has 1 aromatic heterocycles. The topological polar surface area (TPSA) is 8.17 Å². The van der Waals surface area contributed by atoms with Crippen molar-refractivity contribution in [1.29, 1.82) is 0 Å². The Bertz CT molecular complexity index is 3160. The Morgan fingerprint density at radius 1 is 0.383 bits per heavy atom. The molecular weight excluding hydrogens is 725 g/mol. The van der Waals surface area contributed by atoms with Gasteiger partial charge in [0.2, 0.25) is 0 Å². The van der Waals surface area contributed by atoms with E-state index in [0.717, 1.165) is 17.1 Å². The van der Waals surface area contributed by atoms with Gasteiger partial charge in [-0.25, -0.2) is 0 Å². The average Bonchev–Trinajstić information content (AvgIpc) is 3.56. The molecule has 0 spiro atoms. The van der Waals surface area contributed by atoms with Crippen LogP contribution in [0.4, 0.5) is 17.1 Å². The van der Waals surface area contributed by atoms with E-state index in [9.17, 15) is 0 Å². The monoisotopic (exact) mass is 778 g/mol. The molecule has 0 aliphatic heterocycles. The first-order chi connectivity index (χ1) is 28.7. The Morgan fingerprint density at radius 2 is 0.883 bits per heavy atom. The highest BCUT2D eigenvalue weighted by molar-refractivity contribution is 6.27. The number of fused-ring (bicyclic) bond motifs is 3. The summed E-state index contributed by atoms with van der Waals surface area (Å²) in [5.74, 6) is 0. The highest BCUT2D eigenvalue weighted by atomic mass is 15.1. The molecule has 60 heavy (non-hydrogen) atoms. The van der Waals surface area contributed by atoms with Crippen LogP contribution >= 0.6 is 0 Å². The maximum Gasteiger partial charge on any atom is 0.0541 e. The van der Waals surface area contributed by atoms with Crippen LogP contribution in [-0.4, -0.2) is 4.57 Å². The average molecular weight is 779 g/mol. The lowest BCUT2D eigenvalue weighted by molar-refractivity contribution is 0.590. The summed E-state index contributed by atoms with van der Waals surface area (Å²) in [6, 6.07) is 61.8. The maximum absolute atomic E-state index is 2.52. The fourth-order valence-electron chi connectivity index (χ4n) is 9.42. The van der Waals surface area contributed by atoms with Gasteiger partial charge in [-0.05, 0) is 115 Å². The molecule has 0 radical (unpaired) electrons. The number of nitrogens with zero attached hydrogens (tertiary/aromatic N) is 2. The Labute approximate surface area is 355 Å². The van der Waals surface area contributed by atoms with Crippen molar-refractivity contribution in [2.45, 2.75) is 78.6 Å². The first-order valence-corrected chi connectivity index (χ1v) is 21.5. The first kappa shape index (κ1) is 37.9.